The number of halogens is 3. The van der Waals surface area contributed by atoms with Crippen LogP contribution in [-0.2, 0) is 11.0 Å². The molecule has 6 rings (SSSR count). The summed E-state index contributed by atoms with van der Waals surface area (Å²) in [6.07, 6.45) is -2.75. The highest BCUT2D eigenvalue weighted by molar-refractivity contribution is 7.80. The van der Waals surface area contributed by atoms with Gasteiger partial charge in [0, 0.05) is 34.6 Å². The van der Waals surface area contributed by atoms with Crippen molar-refractivity contribution in [3.05, 3.63) is 138 Å². The van der Waals surface area contributed by atoms with E-state index in [4.69, 9.17) is 17.0 Å². The molecule has 7 nitrogen and oxygen atoms in total. The fourth-order valence-electron chi connectivity index (χ4n) is 5.82. The highest BCUT2D eigenvalue weighted by Crippen LogP contribution is 2.44. The number of nitrogens with one attached hydrogen (secondary N) is 2. The van der Waals surface area contributed by atoms with Gasteiger partial charge in [-0.1, -0.05) is 30.3 Å². The Morgan fingerprint density at radius 3 is 2.37 bits per heavy atom. The van der Waals surface area contributed by atoms with Gasteiger partial charge >= 0.3 is 6.18 Å². The number of aryl methyl sites for hydroxylation is 1. The lowest BCUT2D eigenvalue weighted by molar-refractivity contribution is -0.137. The first kappa shape index (κ1) is 30.8. The monoisotopic (exact) mass is 641 g/mol. The maximum atomic E-state index is 13.6. The Kier molecular flexibility index (Phi) is 8.50. The number of alkyl halides is 3. The molecule has 0 spiro atoms. The Labute approximate surface area is 269 Å². The number of carbonyl (C=O) groups is 1. The summed E-state index contributed by atoms with van der Waals surface area (Å²) in [5, 5.41) is 6.74. The number of para-hydroxylation sites is 1. The standard InChI is InChI=1S/C35H30F3N5O2S/c1-22-19-29(23(2)42(22)27-10-8-9-24(20-27)35(36,37)38)33-32(30-13-6-7-18-39-30)41-34(46)43(33)26-16-14-25(15-17-26)40-31(44)21-45-28-11-4-3-5-12-28/h3-20,32-33H,21H2,1-2H3,(H,40,44)(H,41,46)/t32-,33+/m0/s1. The molecule has 2 atom stereocenters. The molecule has 2 N–H and O–H groups in total. The number of thiocarbonyl (C=S) groups is 1. The van der Waals surface area contributed by atoms with E-state index in [-0.39, 0.29) is 24.6 Å². The molecule has 1 amide bonds. The van der Waals surface area contributed by atoms with E-state index in [0.29, 0.717) is 22.2 Å². The first-order chi connectivity index (χ1) is 22.1. The third-order valence-electron chi connectivity index (χ3n) is 7.86. The van der Waals surface area contributed by atoms with E-state index in [9.17, 15) is 18.0 Å². The number of carbonyl (C=O) groups excluding carboxylic acids is 1. The fourth-order valence-corrected chi connectivity index (χ4v) is 6.17. The first-order valence-corrected chi connectivity index (χ1v) is 15.0. The largest absolute Gasteiger partial charge is 0.484 e. The van der Waals surface area contributed by atoms with Crippen LogP contribution in [0.15, 0.2) is 109 Å². The zero-order chi connectivity index (χ0) is 32.4. The normalized spacial score (nSPS) is 16.3. The van der Waals surface area contributed by atoms with E-state index in [0.717, 1.165) is 40.5 Å². The molecule has 0 bridgehead atoms. The van der Waals surface area contributed by atoms with E-state index < -0.39 is 11.7 Å². The lowest BCUT2D eigenvalue weighted by Gasteiger charge is -2.28. The number of hydrogen-bond acceptors (Lipinski definition) is 4. The Morgan fingerprint density at radius 1 is 0.935 bits per heavy atom. The number of aromatic nitrogens is 2. The Hall–Kier alpha value is -5.16. The molecule has 0 unspecified atom stereocenters. The van der Waals surface area contributed by atoms with Crippen molar-refractivity contribution in [3.8, 4) is 11.4 Å². The van der Waals surface area contributed by atoms with E-state index in [1.807, 2.05) is 77.9 Å². The average Bonchev–Trinajstić information content (AvgIpc) is 3.55. The molecule has 3 aromatic carbocycles. The van der Waals surface area contributed by atoms with Crippen LogP contribution in [0.25, 0.3) is 5.69 Å². The topological polar surface area (TPSA) is 71.4 Å². The molecule has 3 heterocycles. The summed E-state index contributed by atoms with van der Waals surface area (Å²) in [7, 11) is 0. The minimum atomic E-state index is -4.46. The van der Waals surface area contributed by atoms with E-state index in [1.54, 1.807) is 36.5 Å². The lowest BCUT2D eigenvalue weighted by atomic mass is 9.96. The maximum Gasteiger partial charge on any atom is 0.416 e. The van der Waals surface area contributed by atoms with Crippen molar-refractivity contribution in [1.29, 1.82) is 0 Å². The van der Waals surface area contributed by atoms with Gasteiger partial charge in [-0.25, -0.2) is 0 Å². The van der Waals surface area contributed by atoms with Crippen LogP contribution in [0.1, 0.15) is 40.3 Å². The van der Waals surface area contributed by atoms with Crippen molar-refractivity contribution < 1.29 is 22.7 Å². The van der Waals surface area contributed by atoms with E-state index in [2.05, 4.69) is 15.6 Å². The molecule has 1 saturated heterocycles. The molecular formula is C35H30F3N5O2S. The number of ether oxygens (including phenoxy) is 1. The van der Waals surface area contributed by atoms with Crippen molar-refractivity contribution in [1.82, 2.24) is 14.9 Å². The van der Waals surface area contributed by atoms with Gasteiger partial charge in [0.2, 0.25) is 0 Å². The maximum absolute atomic E-state index is 13.6. The van der Waals surface area contributed by atoms with Gasteiger partial charge < -0.3 is 24.8 Å². The van der Waals surface area contributed by atoms with Crippen LogP contribution < -0.4 is 20.3 Å². The first-order valence-electron chi connectivity index (χ1n) is 14.5. The number of nitrogens with zero attached hydrogens (tertiary/aromatic N) is 3. The van der Waals surface area contributed by atoms with Crippen molar-refractivity contribution in [2.75, 3.05) is 16.8 Å². The van der Waals surface area contributed by atoms with Gasteiger partial charge in [0.25, 0.3) is 5.91 Å². The number of amides is 1. The molecule has 1 fully saturated rings. The Balaban J connectivity index is 1.32. The van der Waals surface area contributed by atoms with Crippen molar-refractivity contribution in [2.24, 2.45) is 0 Å². The second-order valence-electron chi connectivity index (χ2n) is 10.9. The second kappa shape index (κ2) is 12.7. The summed E-state index contributed by atoms with van der Waals surface area (Å²) in [5.74, 6) is 0.300. The second-order valence-corrected chi connectivity index (χ2v) is 11.3. The van der Waals surface area contributed by atoms with Crippen LogP contribution >= 0.6 is 12.2 Å². The van der Waals surface area contributed by atoms with Gasteiger partial charge in [-0.15, -0.1) is 0 Å². The van der Waals surface area contributed by atoms with Crippen LogP contribution in [0.5, 0.6) is 5.75 Å². The molecule has 11 heteroatoms. The predicted molar refractivity (Wildman–Crippen MR) is 175 cm³/mol. The number of hydrogen-bond donors (Lipinski definition) is 2. The molecule has 1 aliphatic heterocycles. The van der Waals surface area contributed by atoms with Gasteiger partial charge in [0.05, 0.1) is 23.3 Å². The smallest absolute Gasteiger partial charge is 0.416 e. The van der Waals surface area contributed by atoms with Gasteiger partial charge in [-0.05, 0) is 104 Å². The SMILES string of the molecule is Cc1cc([C@@H]2[C@H](c3ccccn3)NC(=S)N2c2ccc(NC(=O)COc3ccccc3)cc2)c(C)n1-c1cccc(C(F)(F)F)c1. The van der Waals surface area contributed by atoms with Crippen molar-refractivity contribution in [3.63, 3.8) is 0 Å². The van der Waals surface area contributed by atoms with Gasteiger partial charge in [0.1, 0.15) is 5.75 Å². The summed E-state index contributed by atoms with van der Waals surface area (Å²) in [5.41, 5.74) is 4.27. The van der Waals surface area contributed by atoms with Crippen LogP contribution in [-0.4, -0.2) is 27.2 Å². The number of benzene rings is 3. The molecular weight excluding hydrogens is 611 g/mol. The Bertz CT molecular complexity index is 1860. The summed E-state index contributed by atoms with van der Waals surface area (Å²) in [6.45, 7) is 3.63. The minimum Gasteiger partial charge on any atom is -0.484 e. The molecule has 0 saturated carbocycles. The molecule has 0 aliphatic carbocycles. The molecule has 1 aliphatic rings. The molecule has 5 aromatic rings. The number of anilines is 2. The fraction of sp³-hybridized carbons (Fsp3) is 0.171. The molecule has 0 radical (unpaired) electrons. The van der Waals surface area contributed by atoms with Crippen LogP contribution in [0, 0.1) is 13.8 Å². The van der Waals surface area contributed by atoms with E-state index >= 15 is 0 Å². The summed E-state index contributed by atoms with van der Waals surface area (Å²) < 4.78 is 48.1. The third-order valence-corrected chi connectivity index (χ3v) is 8.18. The van der Waals surface area contributed by atoms with Crippen LogP contribution in [0.2, 0.25) is 0 Å². The summed E-state index contributed by atoms with van der Waals surface area (Å²) >= 11 is 5.86. The highest BCUT2D eigenvalue weighted by atomic mass is 32.1. The summed E-state index contributed by atoms with van der Waals surface area (Å²) in [6, 6.07) is 28.6. The van der Waals surface area contributed by atoms with Crippen LogP contribution in [0.4, 0.5) is 24.5 Å². The third kappa shape index (κ3) is 6.32. The van der Waals surface area contributed by atoms with Crippen molar-refractivity contribution in [2.45, 2.75) is 32.1 Å². The van der Waals surface area contributed by atoms with Gasteiger partial charge in [-0.3, -0.25) is 9.78 Å². The Morgan fingerprint density at radius 2 is 1.67 bits per heavy atom. The average molecular weight is 642 g/mol. The zero-order valence-corrected chi connectivity index (χ0v) is 25.8. The van der Waals surface area contributed by atoms with E-state index in [1.165, 1.54) is 6.07 Å². The lowest BCUT2D eigenvalue weighted by Crippen LogP contribution is -2.29. The molecule has 2 aromatic heterocycles. The summed E-state index contributed by atoms with van der Waals surface area (Å²) in [4.78, 5) is 19.1. The number of pyridine rings is 1. The van der Waals surface area contributed by atoms with Gasteiger partial charge in [-0.2, -0.15) is 13.2 Å². The quantitative estimate of drug-likeness (QED) is 0.169. The zero-order valence-electron chi connectivity index (χ0n) is 25.0. The van der Waals surface area contributed by atoms with Crippen molar-refractivity contribution >= 4 is 34.6 Å². The van der Waals surface area contributed by atoms with Gasteiger partial charge in [0.15, 0.2) is 11.7 Å². The molecule has 234 valence electrons. The minimum absolute atomic E-state index is 0.138. The predicted octanol–water partition coefficient (Wildman–Crippen LogP) is 7.70. The highest BCUT2D eigenvalue weighted by Gasteiger charge is 2.42. The molecule has 46 heavy (non-hydrogen) atoms. The number of rotatable bonds is 8. The van der Waals surface area contributed by atoms with Crippen LogP contribution in [0.3, 0.4) is 0 Å².